The molecule has 0 bridgehead atoms. The highest BCUT2D eigenvalue weighted by Crippen LogP contribution is 2.11. The first kappa shape index (κ1) is 13.2. The van der Waals surface area contributed by atoms with Gasteiger partial charge in [-0.25, -0.2) is 0 Å². The molecule has 0 saturated carbocycles. The van der Waals surface area contributed by atoms with Crippen molar-refractivity contribution in [2.24, 2.45) is 11.7 Å². The van der Waals surface area contributed by atoms with E-state index in [9.17, 15) is 0 Å². The van der Waals surface area contributed by atoms with Crippen LogP contribution < -0.4 is 5.73 Å². The van der Waals surface area contributed by atoms with Gasteiger partial charge in [-0.2, -0.15) is 0 Å². The van der Waals surface area contributed by atoms with Crippen LogP contribution in [0.2, 0.25) is 0 Å². The van der Waals surface area contributed by atoms with Crippen LogP contribution in [0, 0.1) is 5.92 Å². The van der Waals surface area contributed by atoms with Gasteiger partial charge in [-0.1, -0.05) is 51.5 Å². The van der Waals surface area contributed by atoms with Gasteiger partial charge in [0.25, 0.3) is 0 Å². The zero-order chi connectivity index (χ0) is 12.0. The van der Waals surface area contributed by atoms with Crippen molar-refractivity contribution in [2.45, 2.75) is 52.5 Å². The minimum absolute atomic E-state index is 0.329. The molecule has 0 heterocycles. The van der Waals surface area contributed by atoms with Crippen LogP contribution in [0.3, 0.4) is 0 Å². The van der Waals surface area contributed by atoms with Crippen LogP contribution in [0.1, 0.15) is 44.7 Å². The zero-order valence-electron chi connectivity index (χ0n) is 10.9. The highest BCUT2D eigenvalue weighted by atomic mass is 14.6. The molecular weight excluding hydrogens is 194 g/mol. The normalized spacial score (nSPS) is 13.1. The Balaban J connectivity index is 2.43. The summed E-state index contributed by atoms with van der Waals surface area (Å²) in [5.41, 5.74) is 8.90. The number of nitrogens with two attached hydrogens (primary N) is 1. The van der Waals surface area contributed by atoms with E-state index in [0.717, 1.165) is 12.8 Å². The molecular formula is C15H25N. The first-order valence-corrected chi connectivity index (χ1v) is 6.47. The molecule has 0 saturated heterocycles. The van der Waals surface area contributed by atoms with Crippen LogP contribution in [-0.4, -0.2) is 6.04 Å². The standard InChI is InChI=1S/C15H25N/c1-4-5-13-6-8-14(9-7-13)10-11-15(16)12(2)3/h6-9,12,15H,4-5,10-11,16H2,1-3H3. The van der Waals surface area contributed by atoms with E-state index in [2.05, 4.69) is 45.0 Å². The number of benzene rings is 1. The first-order chi connectivity index (χ1) is 7.63. The van der Waals surface area contributed by atoms with Gasteiger partial charge in [-0.05, 0) is 36.3 Å². The summed E-state index contributed by atoms with van der Waals surface area (Å²) < 4.78 is 0. The topological polar surface area (TPSA) is 26.0 Å². The van der Waals surface area contributed by atoms with Gasteiger partial charge in [0.05, 0.1) is 0 Å². The van der Waals surface area contributed by atoms with E-state index in [1.165, 1.54) is 24.0 Å². The Morgan fingerprint density at radius 3 is 1.94 bits per heavy atom. The highest BCUT2D eigenvalue weighted by Gasteiger charge is 2.07. The number of aryl methyl sites for hydroxylation is 2. The molecule has 1 rings (SSSR count). The predicted octanol–water partition coefficient (Wildman–Crippen LogP) is 3.56. The summed E-state index contributed by atoms with van der Waals surface area (Å²) >= 11 is 0. The molecule has 1 nitrogen and oxygen atoms in total. The Labute approximate surface area is 100 Å². The average Bonchev–Trinajstić information content (AvgIpc) is 2.28. The van der Waals surface area contributed by atoms with Crippen LogP contribution in [-0.2, 0) is 12.8 Å². The number of rotatable bonds is 6. The van der Waals surface area contributed by atoms with Crippen molar-refractivity contribution >= 4 is 0 Å². The van der Waals surface area contributed by atoms with Gasteiger partial charge in [0.1, 0.15) is 0 Å². The molecule has 0 aliphatic carbocycles. The third-order valence-electron chi connectivity index (χ3n) is 3.18. The molecule has 0 amide bonds. The Morgan fingerprint density at radius 2 is 1.50 bits per heavy atom. The predicted molar refractivity (Wildman–Crippen MR) is 71.6 cm³/mol. The van der Waals surface area contributed by atoms with Crippen molar-refractivity contribution in [2.75, 3.05) is 0 Å². The molecule has 2 N–H and O–H groups in total. The minimum Gasteiger partial charge on any atom is -0.327 e. The average molecular weight is 219 g/mol. The Bertz CT molecular complexity index is 287. The van der Waals surface area contributed by atoms with Crippen molar-refractivity contribution < 1.29 is 0 Å². The minimum atomic E-state index is 0.329. The van der Waals surface area contributed by atoms with Gasteiger partial charge >= 0.3 is 0 Å². The van der Waals surface area contributed by atoms with E-state index in [0.29, 0.717) is 12.0 Å². The third kappa shape index (κ3) is 4.36. The van der Waals surface area contributed by atoms with Crippen molar-refractivity contribution in [3.8, 4) is 0 Å². The molecule has 0 fully saturated rings. The van der Waals surface area contributed by atoms with Gasteiger partial charge < -0.3 is 5.73 Å². The Morgan fingerprint density at radius 1 is 1.00 bits per heavy atom. The van der Waals surface area contributed by atoms with E-state index in [4.69, 9.17) is 5.73 Å². The molecule has 0 aromatic heterocycles. The van der Waals surface area contributed by atoms with Gasteiger partial charge in [0.2, 0.25) is 0 Å². The molecule has 0 aliphatic heterocycles. The van der Waals surface area contributed by atoms with E-state index in [1.807, 2.05) is 0 Å². The van der Waals surface area contributed by atoms with Crippen molar-refractivity contribution in [3.63, 3.8) is 0 Å². The molecule has 16 heavy (non-hydrogen) atoms. The molecule has 1 unspecified atom stereocenters. The lowest BCUT2D eigenvalue weighted by molar-refractivity contribution is 0.464. The summed E-state index contributed by atoms with van der Waals surface area (Å²) in [5, 5.41) is 0. The summed E-state index contributed by atoms with van der Waals surface area (Å²) in [5.74, 6) is 0.583. The van der Waals surface area contributed by atoms with Gasteiger partial charge in [-0.15, -0.1) is 0 Å². The largest absolute Gasteiger partial charge is 0.327 e. The fraction of sp³-hybridized carbons (Fsp3) is 0.600. The summed E-state index contributed by atoms with van der Waals surface area (Å²) in [6, 6.07) is 9.32. The van der Waals surface area contributed by atoms with Crippen LogP contribution in [0.25, 0.3) is 0 Å². The van der Waals surface area contributed by atoms with Crippen molar-refractivity contribution in [1.29, 1.82) is 0 Å². The van der Waals surface area contributed by atoms with Gasteiger partial charge in [0, 0.05) is 6.04 Å². The molecule has 0 radical (unpaired) electrons. The first-order valence-electron chi connectivity index (χ1n) is 6.47. The van der Waals surface area contributed by atoms with Crippen LogP contribution >= 0.6 is 0 Å². The summed E-state index contributed by atoms with van der Waals surface area (Å²) in [4.78, 5) is 0. The zero-order valence-corrected chi connectivity index (χ0v) is 10.9. The third-order valence-corrected chi connectivity index (χ3v) is 3.18. The molecule has 1 aromatic rings. The molecule has 0 spiro atoms. The van der Waals surface area contributed by atoms with Crippen molar-refractivity contribution in [1.82, 2.24) is 0 Å². The maximum atomic E-state index is 6.04. The lowest BCUT2D eigenvalue weighted by Gasteiger charge is -2.15. The number of hydrogen-bond acceptors (Lipinski definition) is 1. The van der Waals surface area contributed by atoms with Gasteiger partial charge in [-0.3, -0.25) is 0 Å². The highest BCUT2D eigenvalue weighted by molar-refractivity contribution is 5.22. The maximum Gasteiger partial charge on any atom is 0.00650 e. The molecule has 90 valence electrons. The summed E-state index contributed by atoms with van der Waals surface area (Å²) in [6.45, 7) is 6.60. The van der Waals surface area contributed by atoms with E-state index in [1.54, 1.807) is 0 Å². The summed E-state index contributed by atoms with van der Waals surface area (Å²) in [7, 11) is 0. The maximum absolute atomic E-state index is 6.04. The summed E-state index contributed by atoms with van der Waals surface area (Å²) in [6.07, 6.45) is 4.60. The quantitative estimate of drug-likeness (QED) is 0.778. The molecule has 1 atom stereocenters. The van der Waals surface area contributed by atoms with E-state index < -0.39 is 0 Å². The molecule has 1 aromatic carbocycles. The monoisotopic (exact) mass is 219 g/mol. The van der Waals surface area contributed by atoms with E-state index >= 15 is 0 Å². The van der Waals surface area contributed by atoms with Crippen LogP contribution in [0.5, 0.6) is 0 Å². The van der Waals surface area contributed by atoms with Crippen LogP contribution in [0.15, 0.2) is 24.3 Å². The lowest BCUT2D eigenvalue weighted by atomic mass is 9.97. The lowest BCUT2D eigenvalue weighted by Crippen LogP contribution is -2.26. The SMILES string of the molecule is CCCc1ccc(CCC(N)C(C)C)cc1. The second-order valence-corrected chi connectivity index (χ2v) is 5.01. The number of hydrogen-bond donors (Lipinski definition) is 1. The smallest absolute Gasteiger partial charge is 0.00650 e. The second kappa shape index (κ2) is 6.70. The fourth-order valence-electron chi connectivity index (χ4n) is 1.83. The molecule has 1 heteroatoms. The van der Waals surface area contributed by atoms with Crippen molar-refractivity contribution in [3.05, 3.63) is 35.4 Å². The Kier molecular flexibility index (Phi) is 5.54. The Hall–Kier alpha value is -0.820. The van der Waals surface area contributed by atoms with Gasteiger partial charge in [0.15, 0.2) is 0 Å². The van der Waals surface area contributed by atoms with E-state index in [-0.39, 0.29) is 0 Å². The fourth-order valence-corrected chi connectivity index (χ4v) is 1.83. The molecule has 0 aliphatic rings. The van der Waals surface area contributed by atoms with Crippen LogP contribution in [0.4, 0.5) is 0 Å². The second-order valence-electron chi connectivity index (χ2n) is 5.01.